The average Bonchev–Trinajstić information content (AvgIpc) is 2.24. The van der Waals surface area contributed by atoms with Crippen LogP contribution < -0.4 is 11.2 Å². The predicted octanol–water partition coefficient (Wildman–Crippen LogP) is 2.58. The Hall–Kier alpha value is -1.18. The summed E-state index contributed by atoms with van der Waals surface area (Å²) in [6.45, 7) is 8.47. The van der Waals surface area contributed by atoms with Crippen molar-refractivity contribution in [3.63, 3.8) is 0 Å². The smallest absolute Gasteiger partial charge is 0.154 e. The maximum atomic E-state index is 5.86. The molecule has 80 valence electrons. The Kier molecular flexibility index (Phi) is 4.48. The van der Waals surface area contributed by atoms with E-state index in [1.807, 2.05) is 12.1 Å². The number of allylic oxidation sites excluding steroid dienone is 1. The van der Waals surface area contributed by atoms with Crippen LogP contribution in [0.3, 0.4) is 0 Å². The summed E-state index contributed by atoms with van der Waals surface area (Å²) in [6, 6.07) is 6.27. The van der Waals surface area contributed by atoms with Crippen LogP contribution in [0.15, 0.2) is 24.8 Å². The Balaban J connectivity index is 2.83. The second-order valence-electron chi connectivity index (χ2n) is 4.02. The maximum absolute atomic E-state index is 5.86. The van der Waals surface area contributed by atoms with Crippen LogP contribution in [0.25, 0.3) is 5.57 Å². The van der Waals surface area contributed by atoms with Crippen molar-refractivity contribution in [1.82, 2.24) is 0 Å². The van der Waals surface area contributed by atoms with Gasteiger partial charge in [-0.15, -0.1) is 0 Å². The highest BCUT2D eigenvalue weighted by Gasteiger charge is 2.02. The summed E-state index contributed by atoms with van der Waals surface area (Å²) in [5.41, 5.74) is 10.4. The van der Waals surface area contributed by atoms with Crippen molar-refractivity contribution in [3.8, 4) is 0 Å². The minimum Gasteiger partial charge on any atom is -0.399 e. The van der Waals surface area contributed by atoms with Crippen LogP contribution in [-0.2, 0) is 0 Å². The number of unbranched alkanes of at least 4 members (excludes halogenated alkanes) is 1. The van der Waals surface area contributed by atoms with Crippen LogP contribution in [0.2, 0.25) is 6.82 Å². The maximum Gasteiger partial charge on any atom is 0.154 e. The molecule has 15 heavy (non-hydrogen) atoms. The van der Waals surface area contributed by atoms with Gasteiger partial charge >= 0.3 is 0 Å². The molecule has 0 fully saturated rings. The Morgan fingerprint density at radius 3 is 2.73 bits per heavy atom. The molecule has 2 heteroatoms. The topological polar surface area (TPSA) is 26.0 Å². The van der Waals surface area contributed by atoms with Gasteiger partial charge in [-0.25, -0.2) is 0 Å². The third-order valence-corrected chi connectivity index (χ3v) is 2.66. The summed E-state index contributed by atoms with van der Waals surface area (Å²) in [7, 11) is 1.03. The molecule has 0 aliphatic rings. The van der Waals surface area contributed by atoms with E-state index in [-0.39, 0.29) is 0 Å². The van der Waals surface area contributed by atoms with E-state index in [4.69, 9.17) is 5.73 Å². The summed E-state index contributed by atoms with van der Waals surface area (Å²) in [6.07, 6.45) is 3.49. The molecule has 1 aromatic carbocycles. The molecule has 1 aromatic rings. The zero-order chi connectivity index (χ0) is 11.3. The molecule has 0 aromatic heterocycles. The van der Waals surface area contributed by atoms with Gasteiger partial charge in [0.25, 0.3) is 0 Å². The van der Waals surface area contributed by atoms with Gasteiger partial charge in [0.05, 0.1) is 0 Å². The summed E-state index contributed by atoms with van der Waals surface area (Å²) >= 11 is 0. The first-order valence-electron chi connectivity index (χ1n) is 5.75. The van der Waals surface area contributed by atoms with Crippen molar-refractivity contribution in [2.75, 3.05) is 5.73 Å². The lowest BCUT2D eigenvalue weighted by Crippen LogP contribution is -2.12. The van der Waals surface area contributed by atoms with Gasteiger partial charge in [0.15, 0.2) is 7.28 Å². The Labute approximate surface area is 93.6 Å². The molecule has 0 amide bonds. The molecule has 0 saturated heterocycles. The van der Waals surface area contributed by atoms with Gasteiger partial charge in [-0.1, -0.05) is 38.3 Å². The van der Waals surface area contributed by atoms with Crippen LogP contribution in [-0.4, -0.2) is 7.28 Å². The number of rotatable bonds is 5. The Morgan fingerprint density at radius 1 is 1.40 bits per heavy atom. The van der Waals surface area contributed by atoms with Crippen LogP contribution in [0.5, 0.6) is 0 Å². The molecule has 0 heterocycles. The number of hydrogen-bond acceptors (Lipinski definition) is 1. The quantitative estimate of drug-likeness (QED) is 0.575. The van der Waals surface area contributed by atoms with Crippen LogP contribution >= 0.6 is 0 Å². The lowest BCUT2D eigenvalue weighted by atomic mass is 9.72. The summed E-state index contributed by atoms with van der Waals surface area (Å²) < 4.78 is 0. The molecule has 1 nitrogen and oxygen atoms in total. The molecule has 0 radical (unpaired) electrons. The van der Waals surface area contributed by atoms with E-state index >= 15 is 0 Å². The van der Waals surface area contributed by atoms with E-state index in [2.05, 4.69) is 26.4 Å². The van der Waals surface area contributed by atoms with E-state index in [9.17, 15) is 0 Å². The van der Waals surface area contributed by atoms with Crippen molar-refractivity contribution in [2.24, 2.45) is 0 Å². The summed E-state index contributed by atoms with van der Waals surface area (Å²) in [5.74, 6) is 0. The number of benzene rings is 1. The largest absolute Gasteiger partial charge is 0.399 e. The zero-order valence-corrected chi connectivity index (χ0v) is 9.84. The molecule has 0 bridgehead atoms. The highest BCUT2D eigenvalue weighted by Crippen LogP contribution is 2.19. The van der Waals surface area contributed by atoms with Crippen molar-refractivity contribution in [1.29, 1.82) is 0 Å². The third-order valence-electron chi connectivity index (χ3n) is 2.66. The fourth-order valence-electron chi connectivity index (χ4n) is 1.66. The van der Waals surface area contributed by atoms with Gasteiger partial charge < -0.3 is 5.73 Å². The lowest BCUT2D eigenvalue weighted by Gasteiger charge is -2.08. The SMILES string of the molecule is C=C(CCCC)c1cc(N)cc(BC)c1. The second kappa shape index (κ2) is 5.64. The van der Waals surface area contributed by atoms with Gasteiger partial charge in [0, 0.05) is 5.69 Å². The highest BCUT2D eigenvalue weighted by molar-refractivity contribution is 6.52. The van der Waals surface area contributed by atoms with Crippen molar-refractivity contribution in [3.05, 3.63) is 30.3 Å². The molecular weight excluding hydrogens is 181 g/mol. The molecule has 0 saturated carbocycles. The van der Waals surface area contributed by atoms with E-state index in [1.54, 1.807) is 0 Å². The Bertz CT molecular complexity index is 344. The standard InChI is InChI=1S/C13H20BN/c1-4-5-6-10(2)11-7-12(14-3)9-13(15)8-11/h7-9,14H,2,4-6,15H2,1,3H3. The molecule has 0 aliphatic heterocycles. The Morgan fingerprint density at radius 2 is 2.13 bits per heavy atom. The first kappa shape index (κ1) is 11.9. The number of anilines is 1. The van der Waals surface area contributed by atoms with Crippen LogP contribution in [0, 0.1) is 0 Å². The molecule has 0 unspecified atom stereocenters. The van der Waals surface area contributed by atoms with Gasteiger partial charge in [-0.2, -0.15) is 0 Å². The van der Waals surface area contributed by atoms with Crippen LogP contribution in [0.1, 0.15) is 31.7 Å². The molecule has 1 rings (SSSR count). The van der Waals surface area contributed by atoms with E-state index in [0.717, 1.165) is 19.4 Å². The van der Waals surface area contributed by atoms with E-state index in [1.165, 1.54) is 29.4 Å². The second-order valence-corrected chi connectivity index (χ2v) is 4.02. The fraction of sp³-hybridized carbons (Fsp3) is 0.385. The van der Waals surface area contributed by atoms with E-state index < -0.39 is 0 Å². The minimum absolute atomic E-state index is 0.849. The normalized spacial score (nSPS) is 10.0. The first-order chi connectivity index (χ1) is 7.17. The predicted molar refractivity (Wildman–Crippen MR) is 72.1 cm³/mol. The highest BCUT2D eigenvalue weighted by atomic mass is 14.5. The van der Waals surface area contributed by atoms with Gasteiger partial charge in [-0.05, 0) is 36.1 Å². The molecule has 0 aliphatic carbocycles. The van der Waals surface area contributed by atoms with Gasteiger partial charge in [0.2, 0.25) is 0 Å². The number of nitrogen functional groups attached to an aromatic ring is 1. The molecule has 0 atom stereocenters. The number of nitrogens with two attached hydrogens (primary N) is 1. The van der Waals surface area contributed by atoms with Crippen molar-refractivity contribution >= 4 is 24.0 Å². The van der Waals surface area contributed by atoms with Crippen LogP contribution in [0.4, 0.5) is 5.69 Å². The molecular formula is C13H20BN. The molecule has 0 spiro atoms. The average molecular weight is 201 g/mol. The van der Waals surface area contributed by atoms with Crippen molar-refractivity contribution in [2.45, 2.75) is 33.0 Å². The first-order valence-corrected chi connectivity index (χ1v) is 5.75. The number of hydrogen-bond donors (Lipinski definition) is 1. The van der Waals surface area contributed by atoms with E-state index in [0.29, 0.717) is 0 Å². The fourth-order valence-corrected chi connectivity index (χ4v) is 1.66. The monoisotopic (exact) mass is 201 g/mol. The minimum atomic E-state index is 0.849. The molecule has 2 N–H and O–H groups in total. The zero-order valence-electron chi connectivity index (χ0n) is 9.84. The van der Waals surface area contributed by atoms with Crippen molar-refractivity contribution < 1.29 is 0 Å². The lowest BCUT2D eigenvalue weighted by molar-refractivity contribution is 0.825. The summed E-state index contributed by atoms with van der Waals surface area (Å²) in [4.78, 5) is 0. The third kappa shape index (κ3) is 3.47. The summed E-state index contributed by atoms with van der Waals surface area (Å²) in [5, 5.41) is 0. The van der Waals surface area contributed by atoms with Gasteiger partial charge in [0.1, 0.15) is 0 Å². The van der Waals surface area contributed by atoms with Gasteiger partial charge in [-0.3, -0.25) is 0 Å².